The molecule has 0 atom stereocenters. The Kier molecular flexibility index (Phi) is 2.44. The molecular weight excluding hydrogens is 176 g/mol. The molecule has 0 fully saturated rings. The Hall–Kier alpha value is -1.84. The number of anilines is 1. The lowest BCUT2D eigenvalue weighted by atomic mass is 10.3. The molecule has 2 heterocycles. The molecule has 4 heteroatoms. The lowest BCUT2D eigenvalue weighted by Crippen LogP contribution is -1.99. The van der Waals surface area contributed by atoms with Crippen molar-refractivity contribution >= 4 is 5.82 Å². The number of pyridine rings is 1. The van der Waals surface area contributed by atoms with E-state index in [2.05, 4.69) is 20.5 Å². The van der Waals surface area contributed by atoms with Gasteiger partial charge in [0.15, 0.2) is 0 Å². The number of hydrogen-bond acceptors (Lipinski definition) is 3. The van der Waals surface area contributed by atoms with Crippen molar-refractivity contribution in [2.75, 3.05) is 5.32 Å². The number of rotatable bonds is 3. The smallest absolute Gasteiger partial charge is 0.126 e. The van der Waals surface area contributed by atoms with Gasteiger partial charge in [0.25, 0.3) is 0 Å². The summed E-state index contributed by atoms with van der Waals surface area (Å²) in [4.78, 5) is 4.24. The summed E-state index contributed by atoms with van der Waals surface area (Å²) in [6.07, 6.45) is 5.50. The Morgan fingerprint density at radius 1 is 1.36 bits per heavy atom. The number of aryl methyl sites for hydroxylation is 1. The van der Waals surface area contributed by atoms with Crippen molar-refractivity contribution in [3.8, 4) is 0 Å². The van der Waals surface area contributed by atoms with Crippen LogP contribution in [0.25, 0.3) is 0 Å². The normalized spacial score (nSPS) is 10.1. The van der Waals surface area contributed by atoms with E-state index >= 15 is 0 Å². The van der Waals surface area contributed by atoms with Crippen LogP contribution in [0.3, 0.4) is 0 Å². The predicted octanol–water partition coefficient (Wildman–Crippen LogP) is 1.73. The van der Waals surface area contributed by atoms with Crippen molar-refractivity contribution in [1.29, 1.82) is 0 Å². The molecule has 0 saturated heterocycles. The molecule has 4 nitrogen and oxygen atoms in total. The SMILES string of the molecule is Cc1ccc(NCc2cn[nH]c2)nc1. The van der Waals surface area contributed by atoms with Gasteiger partial charge >= 0.3 is 0 Å². The van der Waals surface area contributed by atoms with Gasteiger partial charge < -0.3 is 5.32 Å². The summed E-state index contributed by atoms with van der Waals surface area (Å²) in [6, 6.07) is 4.00. The molecular formula is C10H12N4. The molecule has 0 unspecified atom stereocenters. The zero-order valence-corrected chi connectivity index (χ0v) is 7.99. The minimum absolute atomic E-state index is 0.743. The van der Waals surface area contributed by atoms with Crippen molar-refractivity contribution in [3.05, 3.63) is 41.9 Å². The maximum Gasteiger partial charge on any atom is 0.126 e. The molecule has 2 aromatic heterocycles. The van der Waals surface area contributed by atoms with Crippen LogP contribution in [0.5, 0.6) is 0 Å². The van der Waals surface area contributed by atoms with Crippen molar-refractivity contribution in [2.45, 2.75) is 13.5 Å². The van der Waals surface area contributed by atoms with E-state index in [0.717, 1.165) is 17.9 Å². The Morgan fingerprint density at radius 3 is 2.93 bits per heavy atom. The van der Waals surface area contributed by atoms with E-state index in [1.165, 1.54) is 5.56 Å². The molecule has 0 spiro atoms. The highest BCUT2D eigenvalue weighted by Crippen LogP contribution is 2.05. The average Bonchev–Trinajstić information content (AvgIpc) is 2.70. The van der Waals surface area contributed by atoms with Crippen molar-refractivity contribution in [1.82, 2.24) is 15.2 Å². The first-order valence-electron chi connectivity index (χ1n) is 4.49. The largest absolute Gasteiger partial charge is 0.366 e. The van der Waals surface area contributed by atoms with Gasteiger partial charge in [0.05, 0.1) is 6.20 Å². The topological polar surface area (TPSA) is 53.6 Å². The zero-order valence-electron chi connectivity index (χ0n) is 7.99. The molecule has 2 rings (SSSR count). The van der Waals surface area contributed by atoms with Gasteiger partial charge in [0.1, 0.15) is 5.82 Å². The fourth-order valence-corrected chi connectivity index (χ4v) is 1.14. The van der Waals surface area contributed by atoms with E-state index < -0.39 is 0 Å². The van der Waals surface area contributed by atoms with Crippen LogP contribution in [0.2, 0.25) is 0 Å². The fraction of sp³-hybridized carbons (Fsp3) is 0.200. The molecule has 0 saturated carbocycles. The van der Waals surface area contributed by atoms with Crippen LogP contribution in [0.15, 0.2) is 30.7 Å². The summed E-state index contributed by atoms with van der Waals surface area (Å²) in [5, 5.41) is 9.83. The highest BCUT2D eigenvalue weighted by molar-refractivity contribution is 5.35. The highest BCUT2D eigenvalue weighted by Gasteiger charge is 1.95. The van der Waals surface area contributed by atoms with Gasteiger partial charge in [-0.1, -0.05) is 6.07 Å². The second-order valence-electron chi connectivity index (χ2n) is 3.18. The lowest BCUT2D eigenvalue weighted by molar-refractivity contribution is 1.09. The van der Waals surface area contributed by atoms with E-state index in [1.54, 1.807) is 6.20 Å². The maximum atomic E-state index is 4.24. The highest BCUT2D eigenvalue weighted by atomic mass is 15.1. The molecule has 0 radical (unpaired) electrons. The maximum absolute atomic E-state index is 4.24. The summed E-state index contributed by atoms with van der Waals surface area (Å²) in [5.41, 5.74) is 2.28. The third-order valence-corrected chi connectivity index (χ3v) is 1.94. The van der Waals surface area contributed by atoms with Crippen LogP contribution in [0.1, 0.15) is 11.1 Å². The fourth-order valence-electron chi connectivity index (χ4n) is 1.14. The van der Waals surface area contributed by atoms with Gasteiger partial charge in [-0.2, -0.15) is 5.10 Å². The van der Waals surface area contributed by atoms with E-state index in [-0.39, 0.29) is 0 Å². The molecule has 0 aliphatic carbocycles. The van der Waals surface area contributed by atoms with Crippen LogP contribution in [0, 0.1) is 6.92 Å². The van der Waals surface area contributed by atoms with Crippen LogP contribution in [0.4, 0.5) is 5.82 Å². The monoisotopic (exact) mass is 188 g/mol. The first kappa shape index (κ1) is 8.74. The standard InChI is InChI=1S/C10H12N4/c1-8-2-3-10(11-4-8)12-5-9-6-13-14-7-9/h2-4,6-7H,5H2,1H3,(H,11,12)(H,13,14). The predicted molar refractivity (Wildman–Crippen MR) is 54.9 cm³/mol. The number of H-pyrrole nitrogens is 1. The third-order valence-electron chi connectivity index (χ3n) is 1.94. The minimum atomic E-state index is 0.743. The average molecular weight is 188 g/mol. The molecule has 0 aromatic carbocycles. The van der Waals surface area contributed by atoms with Gasteiger partial charge in [0, 0.05) is 24.5 Å². The number of aromatic amines is 1. The van der Waals surface area contributed by atoms with E-state index in [9.17, 15) is 0 Å². The van der Waals surface area contributed by atoms with Crippen molar-refractivity contribution in [3.63, 3.8) is 0 Å². The summed E-state index contributed by atoms with van der Waals surface area (Å²) >= 11 is 0. The van der Waals surface area contributed by atoms with Crippen molar-refractivity contribution < 1.29 is 0 Å². The van der Waals surface area contributed by atoms with Crippen LogP contribution in [-0.2, 0) is 6.54 Å². The summed E-state index contributed by atoms with van der Waals surface area (Å²) < 4.78 is 0. The molecule has 2 N–H and O–H groups in total. The van der Waals surface area contributed by atoms with Gasteiger partial charge in [-0.25, -0.2) is 4.98 Å². The van der Waals surface area contributed by atoms with E-state index in [4.69, 9.17) is 0 Å². The van der Waals surface area contributed by atoms with Crippen LogP contribution < -0.4 is 5.32 Å². The Labute approximate surface area is 82.4 Å². The summed E-state index contributed by atoms with van der Waals surface area (Å²) in [5.74, 6) is 0.886. The van der Waals surface area contributed by atoms with Gasteiger partial charge in [-0.05, 0) is 18.6 Å². The van der Waals surface area contributed by atoms with E-state index in [1.807, 2.05) is 31.5 Å². The van der Waals surface area contributed by atoms with Gasteiger partial charge in [0.2, 0.25) is 0 Å². The minimum Gasteiger partial charge on any atom is -0.366 e. The Bertz CT molecular complexity index is 377. The number of nitrogens with one attached hydrogen (secondary N) is 2. The summed E-state index contributed by atoms with van der Waals surface area (Å²) in [6.45, 7) is 2.76. The Morgan fingerprint density at radius 2 is 2.29 bits per heavy atom. The molecule has 2 aromatic rings. The molecule has 0 amide bonds. The quantitative estimate of drug-likeness (QED) is 0.771. The molecule has 0 bridgehead atoms. The second-order valence-corrected chi connectivity index (χ2v) is 3.18. The van der Waals surface area contributed by atoms with Crippen molar-refractivity contribution in [2.24, 2.45) is 0 Å². The van der Waals surface area contributed by atoms with E-state index in [0.29, 0.717) is 0 Å². The lowest BCUT2D eigenvalue weighted by Gasteiger charge is -2.02. The zero-order chi connectivity index (χ0) is 9.80. The first-order chi connectivity index (χ1) is 6.84. The third kappa shape index (κ3) is 2.10. The summed E-state index contributed by atoms with van der Waals surface area (Å²) in [7, 11) is 0. The first-order valence-corrected chi connectivity index (χ1v) is 4.49. The number of hydrogen-bond donors (Lipinski definition) is 2. The van der Waals surface area contributed by atoms with Crippen LogP contribution in [-0.4, -0.2) is 15.2 Å². The molecule has 0 aliphatic heterocycles. The number of aromatic nitrogens is 3. The van der Waals surface area contributed by atoms with Gasteiger partial charge in [-0.3, -0.25) is 5.10 Å². The van der Waals surface area contributed by atoms with Crippen LogP contribution >= 0.6 is 0 Å². The van der Waals surface area contributed by atoms with Gasteiger partial charge in [-0.15, -0.1) is 0 Å². The number of nitrogens with zero attached hydrogens (tertiary/aromatic N) is 2. The molecule has 14 heavy (non-hydrogen) atoms. The molecule has 72 valence electrons. The Balaban J connectivity index is 1.95. The second kappa shape index (κ2) is 3.91. The molecule has 0 aliphatic rings.